The SMILES string of the molecule is COc1cc(N)c(Cl)cc1C(=O)NC1CCN(CCCOc2ccc(C)nc2)CC1OC.O. The van der Waals surface area contributed by atoms with Crippen LogP contribution < -0.4 is 20.5 Å². The van der Waals surface area contributed by atoms with Crippen LogP contribution >= 0.6 is 11.6 Å². The number of hydrogen-bond acceptors (Lipinski definition) is 7. The number of likely N-dealkylation sites (tertiary alicyclic amines) is 1. The number of benzene rings is 1. The van der Waals surface area contributed by atoms with Gasteiger partial charge in [-0.25, -0.2) is 0 Å². The number of aryl methyl sites for hydroxylation is 1. The number of pyridine rings is 1. The second kappa shape index (κ2) is 12.6. The Bertz CT molecular complexity index is 912. The topological polar surface area (TPSA) is 130 Å². The van der Waals surface area contributed by atoms with Crippen molar-refractivity contribution in [3.63, 3.8) is 0 Å². The molecule has 2 atom stereocenters. The summed E-state index contributed by atoms with van der Waals surface area (Å²) in [5, 5.41) is 3.39. The molecule has 2 heterocycles. The van der Waals surface area contributed by atoms with Gasteiger partial charge in [-0.3, -0.25) is 9.78 Å². The minimum atomic E-state index is -0.260. The number of nitrogens with two attached hydrogens (primary N) is 1. The third-order valence-corrected chi connectivity index (χ3v) is 5.92. The molecule has 10 heteroatoms. The van der Waals surface area contributed by atoms with Gasteiger partial charge in [0, 0.05) is 38.5 Å². The smallest absolute Gasteiger partial charge is 0.255 e. The van der Waals surface area contributed by atoms with E-state index in [1.165, 1.54) is 13.2 Å². The molecule has 1 aliphatic heterocycles. The molecule has 1 aliphatic rings. The van der Waals surface area contributed by atoms with Gasteiger partial charge in [0.15, 0.2) is 0 Å². The van der Waals surface area contributed by atoms with E-state index in [9.17, 15) is 4.79 Å². The number of piperidine rings is 1. The van der Waals surface area contributed by atoms with Crippen molar-refractivity contribution < 1.29 is 24.5 Å². The van der Waals surface area contributed by atoms with Gasteiger partial charge in [-0.05, 0) is 38.0 Å². The Hall–Kier alpha value is -2.59. The number of carbonyl (C=O) groups is 1. The molecule has 0 bridgehead atoms. The van der Waals surface area contributed by atoms with Crippen molar-refractivity contribution in [3.8, 4) is 11.5 Å². The van der Waals surface area contributed by atoms with E-state index in [1.807, 2.05) is 19.1 Å². The number of nitrogens with one attached hydrogen (secondary N) is 1. The van der Waals surface area contributed by atoms with Crippen molar-refractivity contribution in [3.05, 3.63) is 46.7 Å². The third kappa shape index (κ3) is 7.20. The molecule has 1 aromatic carbocycles. The summed E-state index contributed by atoms with van der Waals surface area (Å²) in [7, 11) is 3.16. The van der Waals surface area contributed by atoms with Crippen molar-refractivity contribution in [2.24, 2.45) is 0 Å². The molecule has 2 aromatic rings. The van der Waals surface area contributed by atoms with E-state index in [-0.39, 0.29) is 23.5 Å². The van der Waals surface area contributed by atoms with Crippen LogP contribution in [0.2, 0.25) is 5.02 Å². The number of halogens is 1. The van der Waals surface area contributed by atoms with Gasteiger partial charge in [0.25, 0.3) is 5.91 Å². The third-order valence-electron chi connectivity index (χ3n) is 5.60. The van der Waals surface area contributed by atoms with Crippen LogP contribution in [0.4, 0.5) is 5.69 Å². The molecule has 0 radical (unpaired) electrons. The molecule has 1 amide bonds. The van der Waals surface area contributed by atoms with Crippen molar-refractivity contribution >= 4 is 23.2 Å². The van der Waals surface area contributed by atoms with Crippen molar-refractivity contribution in [2.45, 2.75) is 31.9 Å². The summed E-state index contributed by atoms with van der Waals surface area (Å²) < 4.78 is 16.7. The Morgan fingerprint density at radius 3 is 2.79 bits per heavy atom. The number of hydrogen-bond donors (Lipinski definition) is 2. The minimum absolute atomic E-state index is 0. The fourth-order valence-corrected chi connectivity index (χ4v) is 3.93. The average Bonchev–Trinajstić information content (AvgIpc) is 2.80. The average molecular weight is 481 g/mol. The highest BCUT2D eigenvalue weighted by molar-refractivity contribution is 6.33. The van der Waals surface area contributed by atoms with E-state index < -0.39 is 0 Å². The number of amides is 1. The normalized spacial score (nSPS) is 18.3. The molecule has 1 aromatic heterocycles. The zero-order chi connectivity index (χ0) is 23.1. The van der Waals surface area contributed by atoms with Crippen molar-refractivity contribution in [1.29, 1.82) is 0 Å². The number of nitrogen functional groups attached to an aromatic ring is 1. The molecule has 182 valence electrons. The lowest BCUT2D eigenvalue weighted by molar-refractivity contribution is 0.00527. The largest absolute Gasteiger partial charge is 0.496 e. The molecule has 1 fully saturated rings. The predicted octanol–water partition coefficient (Wildman–Crippen LogP) is 2.10. The van der Waals surface area contributed by atoms with Gasteiger partial charge in [0.1, 0.15) is 11.5 Å². The fraction of sp³-hybridized carbons (Fsp3) is 0.478. The maximum atomic E-state index is 12.9. The summed E-state index contributed by atoms with van der Waals surface area (Å²) in [5.74, 6) is 0.911. The zero-order valence-corrected chi connectivity index (χ0v) is 20.0. The molecular formula is C23H33ClN4O5. The molecular weight excluding hydrogens is 448 g/mol. The first-order chi connectivity index (χ1) is 15.4. The highest BCUT2D eigenvalue weighted by atomic mass is 35.5. The minimum Gasteiger partial charge on any atom is -0.496 e. The van der Waals surface area contributed by atoms with Crippen molar-refractivity contribution in [1.82, 2.24) is 15.2 Å². The van der Waals surface area contributed by atoms with Gasteiger partial charge < -0.3 is 35.6 Å². The highest BCUT2D eigenvalue weighted by Gasteiger charge is 2.31. The van der Waals surface area contributed by atoms with Gasteiger partial charge >= 0.3 is 0 Å². The first-order valence-corrected chi connectivity index (χ1v) is 11.0. The summed E-state index contributed by atoms with van der Waals surface area (Å²) in [6.07, 6.45) is 3.29. The zero-order valence-electron chi connectivity index (χ0n) is 19.3. The van der Waals surface area contributed by atoms with Crippen LogP contribution in [0.25, 0.3) is 0 Å². The lowest BCUT2D eigenvalue weighted by Gasteiger charge is -2.38. The number of aromatic nitrogens is 1. The molecule has 1 saturated heterocycles. The van der Waals surface area contributed by atoms with Crippen LogP contribution in [0.3, 0.4) is 0 Å². The Kier molecular flexibility index (Phi) is 10.2. The molecule has 0 spiro atoms. The lowest BCUT2D eigenvalue weighted by atomic mass is 10.0. The van der Waals surface area contributed by atoms with Crippen LogP contribution in [-0.4, -0.2) is 73.9 Å². The van der Waals surface area contributed by atoms with E-state index in [1.54, 1.807) is 19.4 Å². The van der Waals surface area contributed by atoms with Gasteiger partial charge in [0.05, 0.1) is 48.3 Å². The molecule has 5 N–H and O–H groups in total. The maximum Gasteiger partial charge on any atom is 0.255 e. The van der Waals surface area contributed by atoms with E-state index in [2.05, 4.69) is 15.2 Å². The molecule has 9 nitrogen and oxygen atoms in total. The van der Waals surface area contributed by atoms with Crippen LogP contribution in [0.1, 0.15) is 28.9 Å². The van der Waals surface area contributed by atoms with E-state index in [4.69, 9.17) is 31.5 Å². The lowest BCUT2D eigenvalue weighted by Crippen LogP contribution is -2.55. The van der Waals surface area contributed by atoms with Gasteiger partial charge in [-0.15, -0.1) is 0 Å². The molecule has 2 unspecified atom stereocenters. The molecule has 33 heavy (non-hydrogen) atoms. The van der Waals surface area contributed by atoms with Gasteiger partial charge in [0.2, 0.25) is 0 Å². The second-order valence-corrected chi connectivity index (χ2v) is 8.26. The number of methoxy groups -OCH3 is 2. The summed E-state index contributed by atoms with van der Waals surface area (Å²) in [4.78, 5) is 19.4. The summed E-state index contributed by atoms with van der Waals surface area (Å²) in [5.41, 5.74) is 7.50. The quantitative estimate of drug-likeness (QED) is 0.415. The number of ether oxygens (including phenoxy) is 3. The summed E-state index contributed by atoms with van der Waals surface area (Å²) in [6, 6.07) is 6.85. The second-order valence-electron chi connectivity index (χ2n) is 7.85. The Morgan fingerprint density at radius 2 is 2.12 bits per heavy atom. The number of rotatable bonds is 9. The van der Waals surface area contributed by atoms with Crippen LogP contribution in [0.5, 0.6) is 11.5 Å². The Balaban J connectivity index is 0.00000385. The molecule has 3 rings (SSSR count). The standard InChI is InChI=1S/C23H31ClN4O4.H2O/c1-15-5-6-16(13-26-15)32-10-4-8-28-9-7-20(22(14-28)31-3)27-23(29)17-11-18(24)19(25)12-21(17)30-2;/h5-6,11-13,20,22H,4,7-10,14,25H2,1-3H3,(H,27,29);1H2. The predicted molar refractivity (Wildman–Crippen MR) is 128 cm³/mol. The summed E-state index contributed by atoms with van der Waals surface area (Å²) >= 11 is 6.11. The highest BCUT2D eigenvalue weighted by Crippen LogP contribution is 2.29. The first-order valence-electron chi connectivity index (χ1n) is 10.7. The fourth-order valence-electron chi connectivity index (χ4n) is 3.77. The van der Waals surface area contributed by atoms with Crippen LogP contribution in [-0.2, 0) is 4.74 Å². The summed E-state index contributed by atoms with van der Waals surface area (Å²) in [6.45, 7) is 5.05. The van der Waals surface area contributed by atoms with Crippen LogP contribution in [0, 0.1) is 6.92 Å². The Labute approximate surface area is 199 Å². The molecule has 0 aliphatic carbocycles. The number of nitrogens with zero attached hydrogens (tertiary/aromatic N) is 2. The van der Waals surface area contributed by atoms with Gasteiger partial charge in [-0.2, -0.15) is 0 Å². The number of anilines is 1. The first kappa shape index (κ1) is 26.7. The number of carbonyl (C=O) groups excluding carboxylic acids is 1. The molecule has 0 saturated carbocycles. The van der Waals surface area contributed by atoms with Crippen molar-refractivity contribution in [2.75, 3.05) is 46.2 Å². The monoisotopic (exact) mass is 480 g/mol. The maximum absolute atomic E-state index is 12.9. The van der Waals surface area contributed by atoms with Gasteiger partial charge in [-0.1, -0.05) is 11.6 Å². The van der Waals surface area contributed by atoms with Crippen LogP contribution in [0.15, 0.2) is 30.5 Å². The Morgan fingerprint density at radius 1 is 1.33 bits per heavy atom. The van der Waals surface area contributed by atoms with E-state index in [0.29, 0.717) is 28.6 Å². The van der Waals surface area contributed by atoms with E-state index in [0.717, 1.165) is 43.9 Å². The van der Waals surface area contributed by atoms with E-state index >= 15 is 0 Å².